The van der Waals surface area contributed by atoms with Crippen molar-refractivity contribution in [2.75, 3.05) is 13.2 Å². The Balaban J connectivity index is 1.74. The minimum atomic E-state index is -0.328. The highest BCUT2D eigenvalue weighted by Gasteiger charge is 2.16. The van der Waals surface area contributed by atoms with Crippen LogP contribution < -0.4 is 20.7 Å². The summed E-state index contributed by atoms with van der Waals surface area (Å²) in [5, 5.41) is 0. The third-order valence-electron chi connectivity index (χ3n) is 4.77. The van der Waals surface area contributed by atoms with Gasteiger partial charge < -0.3 is 14.5 Å². The van der Waals surface area contributed by atoms with Crippen LogP contribution in [0.15, 0.2) is 27.8 Å². The van der Waals surface area contributed by atoms with E-state index in [2.05, 4.69) is 9.97 Å². The van der Waals surface area contributed by atoms with E-state index in [1.165, 1.54) is 4.57 Å². The fourth-order valence-electron chi connectivity index (χ4n) is 3.45. The van der Waals surface area contributed by atoms with Gasteiger partial charge in [-0.05, 0) is 36.6 Å². The molecule has 0 spiro atoms. The molecule has 1 N–H and O–H groups in total. The fraction of sp³-hybridized carbons (Fsp3) is 0.381. The molecule has 0 radical (unpaired) electrons. The van der Waals surface area contributed by atoms with Gasteiger partial charge in [0, 0.05) is 13.1 Å². The Bertz CT molecular complexity index is 1190. The number of nitrogens with zero attached hydrogens (tertiary/aromatic N) is 3. The van der Waals surface area contributed by atoms with Crippen LogP contribution in [-0.2, 0) is 13.1 Å². The number of fused-ring (bicyclic) bond motifs is 2. The molecule has 0 saturated heterocycles. The Hall–Kier alpha value is -3.29. The first kappa shape index (κ1) is 19.0. The van der Waals surface area contributed by atoms with Crippen LogP contribution in [0.2, 0.25) is 0 Å². The summed E-state index contributed by atoms with van der Waals surface area (Å²) in [4.78, 5) is 33.1. The first-order valence-corrected chi connectivity index (χ1v) is 9.93. The molecule has 3 aromatic rings. The van der Waals surface area contributed by atoms with Crippen molar-refractivity contribution in [3.05, 3.63) is 50.4 Å². The summed E-state index contributed by atoms with van der Waals surface area (Å²) in [7, 11) is 0. The Labute approximate surface area is 167 Å². The van der Waals surface area contributed by atoms with Gasteiger partial charge in [-0.25, -0.2) is 9.78 Å². The Morgan fingerprint density at radius 1 is 1.03 bits per heavy atom. The van der Waals surface area contributed by atoms with Crippen LogP contribution in [0.1, 0.15) is 38.1 Å². The molecule has 3 heterocycles. The molecule has 0 unspecified atom stereocenters. The highest BCUT2D eigenvalue weighted by Crippen LogP contribution is 2.31. The minimum Gasteiger partial charge on any atom is -0.486 e. The number of ether oxygens (including phenoxy) is 2. The van der Waals surface area contributed by atoms with Crippen LogP contribution in [0.4, 0.5) is 0 Å². The van der Waals surface area contributed by atoms with Crippen molar-refractivity contribution in [3.8, 4) is 11.5 Å². The summed E-state index contributed by atoms with van der Waals surface area (Å²) in [6.45, 7) is 5.91. The molecule has 0 fully saturated rings. The van der Waals surface area contributed by atoms with E-state index < -0.39 is 0 Å². The van der Waals surface area contributed by atoms with E-state index in [9.17, 15) is 9.59 Å². The number of hydrogen-bond acceptors (Lipinski definition) is 5. The molecular weight excluding hydrogens is 372 g/mol. The normalized spacial score (nSPS) is 13.4. The van der Waals surface area contributed by atoms with E-state index in [4.69, 9.17) is 9.47 Å². The lowest BCUT2D eigenvalue weighted by molar-refractivity contribution is 0.171. The summed E-state index contributed by atoms with van der Waals surface area (Å²) < 4.78 is 14.0. The van der Waals surface area contributed by atoms with Gasteiger partial charge >= 0.3 is 5.69 Å². The van der Waals surface area contributed by atoms with Crippen molar-refractivity contribution >= 4 is 23.3 Å². The second kappa shape index (κ2) is 7.98. The van der Waals surface area contributed by atoms with Gasteiger partial charge in [-0.1, -0.05) is 26.0 Å². The maximum Gasteiger partial charge on any atom is 0.332 e. The standard InChI is InChI=1S/C21H24N4O4/c1-3-9-24-19-18(20(26)25(10-4-2)21(24)27)22-17(23-19)8-6-14-5-7-15-16(13-14)29-12-11-28-15/h5-8,13H,3-4,9-12H2,1-2H3,(H,22,23). The molecule has 0 amide bonds. The number of aromatic amines is 1. The number of benzene rings is 1. The van der Waals surface area contributed by atoms with E-state index in [0.717, 1.165) is 17.7 Å². The van der Waals surface area contributed by atoms with Gasteiger partial charge in [-0.15, -0.1) is 0 Å². The summed E-state index contributed by atoms with van der Waals surface area (Å²) in [6, 6.07) is 5.69. The number of aryl methyl sites for hydroxylation is 1. The van der Waals surface area contributed by atoms with Crippen LogP contribution in [0.3, 0.4) is 0 Å². The predicted octanol–water partition coefficient (Wildman–Crippen LogP) is 2.65. The van der Waals surface area contributed by atoms with Gasteiger partial charge in [0.15, 0.2) is 17.1 Å². The van der Waals surface area contributed by atoms with Gasteiger partial charge in [-0.2, -0.15) is 0 Å². The van der Waals surface area contributed by atoms with Crippen molar-refractivity contribution in [3.63, 3.8) is 0 Å². The van der Waals surface area contributed by atoms with Gasteiger partial charge in [0.25, 0.3) is 5.56 Å². The van der Waals surface area contributed by atoms with Gasteiger partial charge in [0.05, 0.1) is 0 Å². The summed E-state index contributed by atoms with van der Waals surface area (Å²) >= 11 is 0. The van der Waals surface area contributed by atoms with E-state index in [1.54, 1.807) is 10.6 Å². The van der Waals surface area contributed by atoms with Crippen molar-refractivity contribution in [1.82, 2.24) is 19.1 Å². The minimum absolute atomic E-state index is 0.305. The highest BCUT2D eigenvalue weighted by molar-refractivity contribution is 5.76. The maximum atomic E-state index is 12.8. The number of H-pyrrole nitrogens is 1. The fourth-order valence-corrected chi connectivity index (χ4v) is 3.45. The maximum absolute atomic E-state index is 12.8. The number of hydrogen-bond donors (Lipinski definition) is 1. The summed E-state index contributed by atoms with van der Waals surface area (Å²) in [5.74, 6) is 1.96. The molecule has 152 valence electrons. The molecule has 29 heavy (non-hydrogen) atoms. The van der Waals surface area contributed by atoms with Crippen LogP contribution in [0.25, 0.3) is 23.3 Å². The van der Waals surface area contributed by atoms with Crippen LogP contribution in [0, 0.1) is 0 Å². The van der Waals surface area contributed by atoms with Crippen molar-refractivity contribution in [2.24, 2.45) is 0 Å². The van der Waals surface area contributed by atoms with Gasteiger partial charge in [0.1, 0.15) is 24.6 Å². The lowest BCUT2D eigenvalue weighted by Gasteiger charge is -2.18. The van der Waals surface area contributed by atoms with E-state index in [0.29, 0.717) is 55.5 Å². The molecule has 4 rings (SSSR count). The molecule has 0 saturated carbocycles. The van der Waals surface area contributed by atoms with Crippen LogP contribution in [0.5, 0.6) is 11.5 Å². The number of imidazole rings is 1. The lowest BCUT2D eigenvalue weighted by Crippen LogP contribution is -2.40. The Kier molecular flexibility index (Phi) is 5.24. The van der Waals surface area contributed by atoms with Crippen molar-refractivity contribution in [2.45, 2.75) is 39.8 Å². The zero-order valence-electron chi connectivity index (χ0n) is 16.6. The Morgan fingerprint density at radius 2 is 1.76 bits per heavy atom. The molecule has 0 bridgehead atoms. The van der Waals surface area contributed by atoms with Gasteiger partial charge in [-0.3, -0.25) is 13.9 Å². The number of rotatable bonds is 6. The molecule has 8 nitrogen and oxygen atoms in total. The molecule has 1 aliphatic heterocycles. The Morgan fingerprint density at radius 3 is 2.52 bits per heavy atom. The summed E-state index contributed by atoms with van der Waals surface area (Å²) in [5.41, 5.74) is 1.04. The molecule has 0 aliphatic carbocycles. The highest BCUT2D eigenvalue weighted by atomic mass is 16.6. The molecule has 0 atom stereocenters. The third-order valence-corrected chi connectivity index (χ3v) is 4.77. The van der Waals surface area contributed by atoms with Crippen LogP contribution in [-0.4, -0.2) is 32.3 Å². The second-order valence-corrected chi connectivity index (χ2v) is 6.95. The smallest absolute Gasteiger partial charge is 0.332 e. The van der Waals surface area contributed by atoms with Crippen molar-refractivity contribution < 1.29 is 9.47 Å². The lowest BCUT2D eigenvalue weighted by atomic mass is 10.2. The molecular formula is C21H24N4O4. The number of nitrogens with one attached hydrogen (secondary N) is 1. The number of aromatic nitrogens is 4. The first-order valence-electron chi connectivity index (χ1n) is 9.93. The zero-order valence-corrected chi connectivity index (χ0v) is 16.6. The van der Waals surface area contributed by atoms with Crippen LogP contribution >= 0.6 is 0 Å². The predicted molar refractivity (Wildman–Crippen MR) is 112 cm³/mol. The molecule has 1 aliphatic rings. The van der Waals surface area contributed by atoms with Gasteiger partial charge in [0.2, 0.25) is 0 Å². The first-order chi connectivity index (χ1) is 14.1. The quantitative estimate of drug-likeness (QED) is 0.692. The van der Waals surface area contributed by atoms with E-state index >= 15 is 0 Å². The molecule has 1 aromatic carbocycles. The van der Waals surface area contributed by atoms with E-state index in [-0.39, 0.29) is 11.2 Å². The topological polar surface area (TPSA) is 91.1 Å². The SMILES string of the molecule is CCCn1c(=O)c2[nH]c(C=Cc3ccc4c(c3)OCCO4)nc2n(CCC)c1=O. The van der Waals surface area contributed by atoms with E-state index in [1.807, 2.05) is 38.1 Å². The molecule has 8 heteroatoms. The monoisotopic (exact) mass is 396 g/mol. The second-order valence-electron chi connectivity index (χ2n) is 6.95. The average Bonchev–Trinajstić information content (AvgIpc) is 3.17. The summed E-state index contributed by atoms with van der Waals surface area (Å²) in [6.07, 6.45) is 5.14. The van der Waals surface area contributed by atoms with Crippen molar-refractivity contribution in [1.29, 1.82) is 0 Å². The largest absolute Gasteiger partial charge is 0.486 e. The third kappa shape index (κ3) is 3.57. The molecule has 2 aromatic heterocycles. The zero-order chi connectivity index (χ0) is 20.4. The average molecular weight is 396 g/mol.